The lowest BCUT2D eigenvalue weighted by Crippen LogP contribution is -2.12. The van der Waals surface area contributed by atoms with Crippen molar-refractivity contribution in [3.63, 3.8) is 0 Å². The van der Waals surface area contributed by atoms with Crippen molar-refractivity contribution in [2.24, 2.45) is 0 Å². The van der Waals surface area contributed by atoms with Crippen molar-refractivity contribution >= 4 is 0 Å². The molecule has 0 N–H and O–H groups in total. The minimum Gasteiger partial charge on any atom is -0.491 e. The van der Waals surface area contributed by atoms with Crippen LogP contribution in [-0.4, -0.2) is 46.2 Å². The molecule has 1 rings (SSSR count). The summed E-state index contributed by atoms with van der Waals surface area (Å²) in [6.45, 7) is 8.57. The Balaban J connectivity index is 1.96. The van der Waals surface area contributed by atoms with Gasteiger partial charge in [-0.1, -0.05) is 51.2 Å². The molecule has 0 atom stereocenters. The van der Waals surface area contributed by atoms with Gasteiger partial charge in [0.25, 0.3) is 0 Å². The monoisotopic (exact) mass is 366 g/mol. The van der Waals surface area contributed by atoms with Crippen molar-refractivity contribution in [2.75, 3.05) is 46.2 Å². The van der Waals surface area contributed by atoms with Gasteiger partial charge in [0.2, 0.25) is 0 Å². The lowest BCUT2D eigenvalue weighted by molar-refractivity contribution is 0.0114. The van der Waals surface area contributed by atoms with E-state index < -0.39 is 0 Å². The molecule has 0 fully saturated rings. The fourth-order valence-corrected chi connectivity index (χ4v) is 2.66. The molecule has 26 heavy (non-hydrogen) atoms. The Bertz CT molecular complexity index is 405. The third-order valence-corrected chi connectivity index (χ3v) is 4.19. The normalized spacial score (nSPS) is 11.0. The molecule has 0 spiro atoms. The summed E-state index contributed by atoms with van der Waals surface area (Å²) in [6, 6.07) is 8.47. The topological polar surface area (TPSA) is 36.9 Å². The van der Waals surface area contributed by atoms with Crippen molar-refractivity contribution in [2.45, 2.75) is 58.8 Å². The molecule has 0 aromatic heterocycles. The van der Waals surface area contributed by atoms with Crippen LogP contribution in [0.5, 0.6) is 5.75 Å². The third kappa shape index (κ3) is 13.2. The molecular weight excluding hydrogens is 328 g/mol. The summed E-state index contributed by atoms with van der Waals surface area (Å²) in [5, 5.41) is 0. The van der Waals surface area contributed by atoms with Gasteiger partial charge in [0.15, 0.2) is 0 Å². The molecule has 1 aromatic carbocycles. The standard InChI is InChI=1S/C22H38O4/c1-3-5-6-7-8-9-10-21-11-13-22(14-12-21)26-20-19-25-18-17-24-16-15-23-4-2/h11-14H,3-10,15-20H2,1-2H3. The van der Waals surface area contributed by atoms with Gasteiger partial charge in [0, 0.05) is 6.61 Å². The molecule has 0 aliphatic rings. The van der Waals surface area contributed by atoms with Crippen LogP contribution in [0, 0.1) is 0 Å². The second-order valence-electron chi connectivity index (χ2n) is 6.43. The molecule has 4 heteroatoms. The van der Waals surface area contributed by atoms with Gasteiger partial charge in [-0.2, -0.15) is 0 Å². The third-order valence-electron chi connectivity index (χ3n) is 4.19. The number of ether oxygens (including phenoxy) is 4. The van der Waals surface area contributed by atoms with E-state index in [-0.39, 0.29) is 0 Å². The molecular formula is C22H38O4. The number of aryl methyl sites for hydroxylation is 1. The summed E-state index contributed by atoms with van der Waals surface area (Å²) in [6.07, 6.45) is 9.22. The van der Waals surface area contributed by atoms with Crippen molar-refractivity contribution in [1.82, 2.24) is 0 Å². The Morgan fingerprint density at radius 1 is 0.615 bits per heavy atom. The fraction of sp³-hybridized carbons (Fsp3) is 0.727. The highest BCUT2D eigenvalue weighted by atomic mass is 16.6. The van der Waals surface area contributed by atoms with Crippen LogP contribution < -0.4 is 4.74 Å². The maximum atomic E-state index is 5.70. The second kappa shape index (κ2) is 17.3. The largest absolute Gasteiger partial charge is 0.491 e. The first-order valence-corrected chi connectivity index (χ1v) is 10.3. The zero-order valence-corrected chi connectivity index (χ0v) is 16.8. The predicted molar refractivity (Wildman–Crippen MR) is 107 cm³/mol. The van der Waals surface area contributed by atoms with Gasteiger partial charge >= 0.3 is 0 Å². The summed E-state index contributed by atoms with van der Waals surface area (Å²) in [5.41, 5.74) is 1.40. The van der Waals surface area contributed by atoms with Crippen LogP contribution in [0.3, 0.4) is 0 Å². The molecule has 0 aliphatic carbocycles. The minimum absolute atomic E-state index is 0.565. The maximum absolute atomic E-state index is 5.70. The van der Waals surface area contributed by atoms with E-state index in [1.54, 1.807) is 0 Å². The van der Waals surface area contributed by atoms with E-state index in [0.717, 1.165) is 12.4 Å². The number of rotatable bonds is 18. The predicted octanol–water partition coefficient (Wildman–Crippen LogP) is 5.04. The molecule has 150 valence electrons. The van der Waals surface area contributed by atoms with Crippen molar-refractivity contribution in [1.29, 1.82) is 0 Å². The van der Waals surface area contributed by atoms with Crippen molar-refractivity contribution in [3.8, 4) is 5.75 Å². The van der Waals surface area contributed by atoms with Gasteiger partial charge in [-0.25, -0.2) is 0 Å². The first-order chi connectivity index (χ1) is 12.9. The van der Waals surface area contributed by atoms with E-state index in [1.807, 2.05) is 6.92 Å². The van der Waals surface area contributed by atoms with Gasteiger partial charge < -0.3 is 18.9 Å². The molecule has 0 heterocycles. The zero-order chi connectivity index (χ0) is 18.7. The summed E-state index contributed by atoms with van der Waals surface area (Å²) in [7, 11) is 0. The first-order valence-electron chi connectivity index (χ1n) is 10.3. The highest BCUT2D eigenvalue weighted by molar-refractivity contribution is 5.27. The number of hydrogen-bond acceptors (Lipinski definition) is 4. The molecule has 0 saturated carbocycles. The number of hydrogen-bond donors (Lipinski definition) is 0. The fourth-order valence-electron chi connectivity index (χ4n) is 2.66. The molecule has 0 bridgehead atoms. The minimum atomic E-state index is 0.565. The smallest absolute Gasteiger partial charge is 0.119 e. The van der Waals surface area contributed by atoms with Crippen LogP contribution in [0.25, 0.3) is 0 Å². The second-order valence-corrected chi connectivity index (χ2v) is 6.43. The molecule has 0 saturated heterocycles. The molecule has 0 unspecified atom stereocenters. The first kappa shape index (κ1) is 22.9. The summed E-state index contributed by atoms with van der Waals surface area (Å²) in [4.78, 5) is 0. The Morgan fingerprint density at radius 3 is 1.85 bits per heavy atom. The number of unbranched alkanes of at least 4 members (excludes halogenated alkanes) is 5. The average molecular weight is 367 g/mol. The average Bonchev–Trinajstić information content (AvgIpc) is 2.67. The van der Waals surface area contributed by atoms with Gasteiger partial charge in [-0.3, -0.25) is 0 Å². The quantitative estimate of drug-likeness (QED) is 0.341. The van der Waals surface area contributed by atoms with Crippen molar-refractivity contribution < 1.29 is 18.9 Å². The van der Waals surface area contributed by atoms with Crippen LogP contribution in [0.4, 0.5) is 0 Å². The van der Waals surface area contributed by atoms with E-state index in [1.165, 1.54) is 50.5 Å². The van der Waals surface area contributed by atoms with Gasteiger partial charge in [-0.15, -0.1) is 0 Å². The Hall–Kier alpha value is -1.10. The van der Waals surface area contributed by atoms with E-state index >= 15 is 0 Å². The summed E-state index contributed by atoms with van der Waals surface area (Å²) < 4.78 is 21.8. The molecule has 0 aliphatic heterocycles. The maximum Gasteiger partial charge on any atom is 0.119 e. The lowest BCUT2D eigenvalue weighted by Gasteiger charge is -2.09. The van der Waals surface area contributed by atoms with Gasteiger partial charge in [0.1, 0.15) is 12.4 Å². The van der Waals surface area contributed by atoms with Crippen LogP contribution in [0.15, 0.2) is 24.3 Å². The molecule has 4 nitrogen and oxygen atoms in total. The number of benzene rings is 1. The Labute approximate surface area is 160 Å². The van der Waals surface area contributed by atoms with E-state index in [4.69, 9.17) is 18.9 Å². The van der Waals surface area contributed by atoms with E-state index in [2.05, 4.69) is 31.2 Å². The highest BCUT2D eigenvalue weighted by Gasteiger charge is 1.98. The van der Waals surface area contributed by atoms with Crippen LogP contribution in [0.1, 0.15) is 57.9 Å². The SMILES string of the molecule is CCCCCCCCc1ccc(OCCOCCOCCOCC)cc1. The molecule has 1 aromatic rings. The summed E-state index contributed by atoms with van der Waals surface area (Å²) in [5.74, 6) is 0.910. The Kier molecular flexibility index (Phi) is 15.3. The molecule has 0 amide bonds. The van der Waals surface area contributed by atoms with Crippen LogP contribution in [0.2, 0.25) is 0 Å². The van der Waals surface area contributed by atoms with Crippen LogP contribution in [-0.2, 0) is 20.6 Å². The van der Waals surface area contributed by atoms with Crippen molar-refractivity contribution in [3.05, 3.63) is 29.8 Å². The van der Waals surface area contributed by atoms with Crippen LogP contribution >= 0.6 is 0 Å². The zero-order valence-electron chi connectivity index (χ0n) is 16.8. The van der Waals surface area contributed by atoms with E-state index in [0.29, 0.717) is 39.6 Å². The van der Waals surface area contributed by atoms with Gasteiger partial charge in [0.05, 0.1) is 33.0 Å². The van der Waals surface area contributed by atoms with Gasteiger partial charge in [-0.05, 0) is 37.5 Å². The summed E-state index contributed by atoms with van der Waals surface area (Å²) >= 11 is 0. The Morgan fingerprint density at radius 2 is 1.19 bits per heavy atom. The lowest BCUT2D eigenvalue weighted by atomic mass is 10.0. The molecule has 0 radical (unpaired) electrons. The highest BCUT2D eigenvalue weighted by Crippen LogP contribution is 2.15. The van der Waals surface area contributed by atoms with E-state index in [9.17, 15) is 0 Å².